The predicted octanol–water partition coefficient (Wildman–Crippen LogP) is 0.270. The quantitative estimate of drug-likeness (QED) is 0.497. The second kappa shape index (κ2) is 4.41. The fraction of sp³-hybridized carbons (Fsp3) is 0.250. The van der Waals surface area contributed by atoms with Crippen molar-refractivity contribution in [2.24, 2.45) is 5.84 Å². The maximum Gasteiger partial charge on any atom is 0.242 e. The molecule has 0 aliphatic carbocycles. The Morgan fingerprint density at radius 1 is 1.36 bits per heavy atom. The monoisotopic (exact) mass is 215 g/mol. The van der Waals surface area contributed by atoms with E-state index in [1.54, 1.807) is 25.1 Å². The summed E-state index contributed by atoms with van der Waals surface area (Å²) in [4.78, 5) is 0.157. The van der Waals surface area contributed by atoms with Crippen LogP contribution in [-0.2, 0) is 10.0 Å². The summed E-state index contributed by atoms with van der Waals surface area (Å²) in [5, 5.41) is 0. The Hall–Kier alpha value is -1.11. The number of hydrogen-bond acceptors (Lipinski definition) is 4. The van der Waals surface area contributed by atoms with Crippen molar-refractivity contribution in [3.05, 3.63) is 24.3 Å². The number of sulfonamides is 1. The Bertz CT molecular complexity index is 403. The number of benzene rings is 1. The van der Waals surface area contributed by atoms with Crippen LogP contribution in [0.25, 0.3) is 0 Å². The van der Waals surface area contributed by atoms with Crippen LogP contribution in [0.15, 0.2) is 29.2 Å². The third-order valence-electron chi connectivity index (χ3n) is 1.67. The van der Waals surface area contributed by atoms with E-state index in [1.807, 2.05) is 0 Å². The molecule has 14 heavy (non-hydrogen) atoms. The molecule has 4 N–H and O–H groups in total. The van der Waals surface area contributed by atoms with Gasteiger partial charge in [-0.1, -0.05) is 19.1 Å². The van der Waals surface area contributed by atoms with Crippen molar-refractivity contribution in [1.82, 2.24) is 4.72 Å². The molecule has 0 radical (unpaired) electrons. The molecule has 0 saturated heterocycles. The molecule has 6 heteroatoms. The smallest absolute Gasteiger partial charge is 0.242 e. The van der Waals surface area contributed by atoms with Gasteiger partial charge in [-0.25, -0.2) is 13.1 Å². The minimum atomic E-state index is -3.45. The summed E-state index contributed by atoms with van der Waals surface area (Å²) in [5.74, 6) is 5.20. The number of hydrogen-bond donors (Lipinski definition) is 3. The van der Waals surface area contributed by atoms with Crippen LogP contribution >= 0.6 is 0 Å². The van der Waals surface area contributed by atoms with Gasteiger partial charge in [0.05, 0.1) is 5.69 Å². The van der Waals surface area contributed by atoms with E-state index >= 15 is 0 Å². The van der Waals surface area contributed by atoms with E-state index in [1.165, 1.54) is 6.07 Å². The van der Waals surface area contributed by atoms with Crippen molar-refractivity contribution in [3.63, 3.8) is 0 Å². The molecule has 0 bridgehead atoms. The molecular formula is C8H13N3O2S. The fourth-order valence-electron chi connectivity index (χ4n) is 1.09. The first-order chi connectivity index (χ1) is 6.61. The number of para-hydroxylation sites is 1. The summed E-state index contributed by atoms with van der Waals surface area (Å²) >= 11 is 0. The van der Waals surface area contributed by atoms with E-state index in [0.717, 1.165) is 0 Å². The van der Waals surface area contributed by atoms with Crippen LogP contribution in [0, 0.1) is 0 Å². The molecule has 0 spiro atoms. The molecule has 1 rings (SSSR count). The van der Waals surface area contributed by atoms with Gasteiger partial charge < -0.3 is 5.43 Å². The molecule has 1 aromatic rings. The van der Waals surface area contributed by atoms with Crippen molar-refractivity contribution in [2.45, 2.75) is 11.8 Å². The third kappa shape index (κ3) is 2.22. The van der Waals surface area contributed by atoms with Gasteiger partial charge in [0.25, 0.3) is 0 Å². The topological polar surface area (TPSA) is 84.2 Å². The van der Waals surface area contributed by atoms with Crippen LogP contribution in [0.5, 0.6) is 0 Å². The van der Waals surface area contributed by atoms with Crippen LogP contribution in [0.2, 0.25) is 0 Å². The van der Waals surface area contributed by atoms with Gasteiger partial charge in [-0.2, -0.15) is 0 Å². The van der Waals surface area contributed by atoms with Gasteiger partial charge in [0.1, 0.15) is 4.90 Å². The standard InChI is InChI=1S/C8H13N3O2S/c1-2-10-14(12,13)8-6-4-3-5-7(8)11-9/h3-6,10-11H,2,9H2,1H3. The maximum atomic E-state index is 11.6. The first-order valence-corrected chi connectivity index (χ1v) is 5.65. The van der Waals surface area contributed by atoms with E-state index in [-0.39, 0.29) is 4.90 Å². The molecule has 0 fully saturated rings. The molecule has 0 aromatic heterocycles. The van der Waals surface area contributed by atoms with Gasteiger partial charge in [-0.15, -0.1) is 0 Å². The van der Waals surface area contributed by atoms with Crippen LogP contribution in [0.1, 0.15) is 6.92 Å². The lowest BCUT2D eigenvalue weighted by Gasteiger charge is -2.09. The Balaban J connectivity index is 3.18. The number of hydrazine groups is 1. The lowest BCUT2D eigenvalue weighted by molar-refractivity contribution is 0.584. The summed E-state index contributed by atoms with van der Waals surface area (Å²) in [5.41, 5.74) is 2.72. The van der Waals surface area contributed by atoms with Crippen LogP contribution in [0.3, 0.4) is 0 Å². The lowest BCUT2D eigenvalue weighted by atomic mass is 10.3. The molecule has 5 nitrogen and oxygen atoms in total. The molecular weight excluding hydrogens is 202 g/mol. The number of nitrogens with two attached hydrogens (primary N) is 1. The van der Waals surface area contributed by atoms with E-state index in [0.29, 0.717) is 12.2 Å². The van der Waals surface area contributed by atoms with Crippen LogP contribution < -0.4 is 16.0 Å². The summed E-state index contributed by atoms with van der Waals surface area (Å²) in [7, 11) is -3.45. The van der Waals surface area contributed by atoms with E-state index in [4.69, 9.17) is 5.84 Å². The largest absolute Gasteiger partial charge is 0.323 e. The Labute approximate surface area is 83.3 Å². The minimum Gasteiger partial charge on any atom is -0.323 e. The van der Waals surface area contributed by atoms with E-state index < -0.39 is 10.0 Å². The highest BCUT2D eigenvalue weighted by Gasteiger charge is 2.15. The zero-order chi connectivity index (χ0) is 10.6. The fourth-order valence-corrected chi connectivity index (χ4v) is 2.30. The van der Waals surface area contributed by atoms with E-state index in [9.17, 15) is 8.42 Å². The van der Waals surface area contributed by atoms with Gasteiger partial charge in [0.2, 0.25) is 10.0 Å². The summed E-state index contributed by atoms with van der Waals surface area (Å²) in [6, 6.07) is 6.45. The molecule has 1 aromatic carbocycles. The molecule has 0 unspecified atom stereocenters. The lowest BCUT2D eigenvalue weighted by Crippen LogP contribution is -2.24. The van der Waals surface area contributed by atoms with Crippen LogP contribution in [0.4, 0.5) is 5.69 Å². The molecule has 0 amide bonds. The van der Waals surface area contributed by atoms with Crippen molar-refractivity contribution < 1.29 is 8.42 Å². The van der Waals surface area contributed by atoms with Gasteiger partial charge >= 0.3 is 0 Å². The molecule has 0 heterocycles. The third-order valence-corrected chi connectivity index (χ3v) is 3.27. The SMILES string of the molecule is CCNS(=O)(=O)c1ccccc1NN. The van der Waals surface area contributed by atoms with Crippen molar-refractivity contribution in [2.75, 3.05) is 12.0 Å². The number of nitrogen functional groups attached to an aromatic ring is 1. The van der Waals surface area contributed by atoms with Crippen LogP contribution in [-0.4, -0.2) is 15.0 Å². The van der Waals surface area contributed by atoms with Crippen molar-refractivity contribution >= 4 is 15.7 Å². The highest BCUT2D eigenvalue weighted by atomic mass is 32.2. The molecule has 0 atom stereocenters. The summed E-state index contributed by atoms with van der Waals surface area (Å²) in [6.45, 7) is 2.07. The second-order valence-corrected chi connectivity index (χ2v) is 4.38. The van der Waals surface area contributed by atoms with E-state index in [2.05, 4.69) is 10.1 Å². The average Bonchev–Trinajstić information content (AvgIpc) is 2.18. The number of rotatable bonds is 4. The van der Waals surface area contributed by atoms with Gasteiger partial charge in [-0.3, -0.25) is 5.84 Å². The molecule has 0 aliphatic heterocycles. The normalized spacial score (nSPS) is 11.3. The minimum absolute atomic E-state index is 0.157. The second-order valence-electron chi connectivity index (χ2n) is 2.64. The zero-order valence-electron chi connectivity index (χ0n) is 7.82. The number of nitrogens with one attached hydrogen (secondary N) is 2. The molecule has 0 saturated carbocycles. The van der Waals surface area contributed by atoms with Gasteiger partial charge in [-0.05, 0) is 12.1 Å². The predicted molar refractivity (Wildman–Crippen MR) is 55.1 cm³/mol. The molecule has 78 valence electrons. The van der Waals surface area contributed by atoms with Crippen molar-refractivity contribution in [3.8, 4) is 0 Å². The zero-order valence-corrected chi connectivity index (χ0v) is 8.64. The first kappa shape index (κ1) is 11.0. The highest BCUT2D eigenvalue weighted by Crippen LogP contribution is 2.18. The molecule has 0 aliphatic rings. The Morgan fingerprint density at radius 3 is 2.57 bits per heavy atom. The van der Waals surface area contributed by atoms with Gasteiger partial charge in [0.15, 0.2) is 0 Å². The first-order valence-electron chi connectivity index (χ1n) is 4.17. The summed E-state index contributed by atoms with van der Waals surface area (Å²) < 4.78 is 25.6. The maximum absolute atomic E-state index is 11.6. The highest BCUT2D eigenvalue weighted by molar-refractivity contribution is 7.89. The van der Waals surface area contributed by atoms with Gasteiger partial charge in [0, 0.05) is 6.54 Å². The van der Waals surface area contributed by atoms with Crippen molar-refractivity contribution in [1.29, 1.82) is 0 Å². The number of anilines is 1. The Kier molecular flexibility index (Phi) is 3.45. The summed E-state index contributed by atoms with van der Waals surface area (Å²) in [6.07, 6.45) is 0. The average molecular weight is 215 g/mol. The Morgan fingerprint density at radius 2 is 2.00 bits per heavy atom.